The van der Waals surface area contributed by atoms with Crippen molar-refractivity contribution in [1.82, 2.24) is 4.98 Å². The largest absolute Gasteiger partial charge is 0.480 e. The molecule has 1 saturated heterocycles. The van der Waals surface area contributed by atoms with Crippen molar-refractivity contribution < 1.29 is 9.31 Å². The van der Waals surface area contributed by atoms with Gasteiger partial charge in [0, 0.05) is 12.4 Å². The average molecular weight is 234 g/mol. The molecule has 17 heavy (non-hydrogen) atoms. The zero-order chi connectivity index (χ0) is 12.7. The second-order valence-electron chi connectivity index (χ2n) is 5.43. The lowest BCUT2D eigenvalue weighted by Crippen LogP contribution is -2.41. The van der Waals surface area contributed by atoms with Crippen LogP contribution in [0.1, 0.15) is 39.2 Å². The molecule has 92 valence electrons. The van der Waals surface area contributed by atoms with Gasteiger partial charge in [0.1, 0.15) is 0 Å². The van der Waals surface area contributed by atoms with E-state index < -0.39 is 7.12 Å². The molecule has 0 unspecified atom stereocenters. The van der Waals surface area contributed by atoms with Gasteiger partial charge in [-0.25, -0.2) is 0 Å². The van der Waals surface area contributed by atoms with E-state index in [1.165, 1.54) is 0 Å². The van der Waals surface area contributed by atoms with Crippen LogP contribution in [0.4, 0.5) is 0 Å². The van der Waals surface area contributed by atoms with Crippen molar-refractivity contribution in [3.63, 3.8) is 0 Å². The van der Waals surface area contributed by atoms with E-state index in [2.05, 4.69) is 4.98 Å². The Bertz CT molecular complexity index is 379. The smallest absolute Gasteiger partial charge is 0.402 e. The Balaban J connectivity index is 2.17. The van der Waals surface area contributed by atoms with Crippen LogP contribution in [-0.4, -0.2) is 23.3 Å². The Morgan fingerprint density at radius 1 is 1.12 bits per heavy atom. The summed E-state index contributed by atoms with van der Waals surface area (Å²) in [5, 5.41) is 0. The molecule has 2 N–H and O–H groups in total. The fourth-order valence-corrected chi connectivity index (χ4v) is 1.78. The van der Waals surface area contributed by atoms with Crippen LogP contribution in [0.2, 0.25) is 0 Å². The first-order chi connectivity index (χ1) is 7.83. The van der Waals surface area contributed by atoms with Crippen molar-refractivity contribution in [2.45, 2.75) is 44.8 Å². The second kappa shape index (κ2) is 4.08. The summed E-state index contributed by atoms with van der Waals surface area (Å²) in [6.07, 6.45) is 3.45. The normalized spacial score (nSPS) is 23.7. The van der Waals surface area contributed by atoms with E-state index in [-0.39, 0.29) is 17.1 Å². The molecule has 1 aliphatic rings. The van der Waals surface area contributed by atoms with Crippen LogP contribution in [0.25, 0.3) is 0 Å². The third-order valence-electron chi connectivity index (χ3n) is 3.66. The lowest BCUT2D eigenvalue weighted by molar-refractivity contribution is 0.00578. The van der Waals surface area contributed by atoms with E-state index in [1.807, 2.05) is 39.8 Å². The second-order valence-corrected chi connectivity index (χ2v) is 5.43. The van der Waals surface area contributed by atoms with Gasteiger partial charge in [-0.1, -0.05) is 0 Å². The summed E-state index contributed by atoms with van der Waals surface area (Å²) in [6.45, 7) is 8.08. The van der Waals surface area contributed by atoms with E-state index in [9.17, 15) is 0 Å². The number of nitrogens with two attached hydrogens (primary N) is 1. The number of aromatic nitrogens is 1. The standard InChI is InChI=1S/C12H19BN2O2/c1-11(2)12(3,4)17-13(16-11)10(14)9-5-7-15-8-6-9/h5-8,10H,14H2,1-4H3/t10-/m1/s1. The third kappa shape index (κ3) is 2.23. The SMILES string of the molecule is CC1(C)OB([C@H](N)c2ccncc2)OC1(C)C. The molecule has 2 rings (SSSR count). The molecule has 1 aliphatic heterocycles. The van der Waals surface area contributed by atoms with Crippen molar-refractivity contribution in [2.24, 2.45) is 5.73 Å². The van der Waals surface area contributed by atoms with Crippen LogP contribution >= 0.6 is 0 Å². The van der Waals surface area contributed by atoms with E-state index in [0.29, 0.717) is 0 Å². The molecule has 0 aromatic carbocycles. The highest BCUT2D eigenvalue weighted by Crippen LogP contribution is 2.39. The van der Waals surface area contributed by atoms with Crippen LogP contribution in [0, 0.1) is 0 Å². The van der Waals surface area contributed by atoms with Gasteiger partial charge in [0.05, 0.1) is 17.1 Å². The summed E-state index contributed by atoms with van der Waals surface area (Å²) < 4.78 is 11.8. The van der Waals surface area contributed by atoms with Crippen molar-refractivity contribution in [3.8, 4) is 0 Å². The number of nitrogens with zero attached hydrogens (tertiary/aromatic N) is 1. The minimum absolute atomic E-state index is 0.293. The lowest BCUT2D eigenvalue weighted by Gasteiger charge is -2.32. The molecule has 0 spiro atoms. The number of rotatable bonds is 2. The topological polar surface area (TPSA) is 57.4 Å². The van der Waals surface area contributed by atoms with E-state index in [1.54, 1.807) is 12.4 Å². The monoisotopic (exact) mass is 234 g/mol. The lowest BCUT2D eigenvalue weighted by atomic mass is 9.75. The predicted octanol–water partition coefficient (Wildman–Crippen LogP) is 1.71. The van der Waals surface area contributed by atoms with Crippen molar-refractivity contribution in [1.29, 1.82) is 0 Å². The Morgan fingerprint density at radius 3 is 2.06 bits per heavy atom. The summed E-state index contributed by atoms with van der Waals surface area (Å²) in [6, 6.07) is 3.77. The maximum Gasteiger partial charge on any atom is 0.480 e. The first kappa shape index (κ1) is 12.5. The summed E-state index contributed by atoms with van der Waals surface area (Å²) >= 11 is 0. The zero-order valence-electron chi connectivity index (χ0n) is 10.8. The molecule has 0 amide bonds. The highest BCUT2D eigenvalue weighted by molar-refractivity contribution is 6.47. The van der Waals surface area contributed by atoms with Gasteiger partial charge < -0.3 is 15.0 Å². The maximum atomic E-state index is 6.16. The molecule has 1 fully saturated rings. The van der Waals surface area contributed by atoms with Crippen molar-refractivity contribution in [3.05, 3.63) is 30.1 Å². The maximum absolute atomic E-state index is 6.16. The predicted molar refractivity (Wildman–Crippen MR) is 67.2 cm³/mol. The number of hydrogen-bond donors (Lipinski definition) is 1. The summed E-state index contributed by atoms with van der Waals surface area (Å²) in [5.74, 6) is -0.293. The molecule has 4 nitrogen and oxygen atoms in total. The molecule has 0 bridgehead atoms. The first-order valence-electron chi connectivity index (χ1n) is 5.85. The summed E-state index contributed by atoms with van der Waals surface area (Å²) in [7, 11) is -0.414. The molecular formula is C12H19BN2O2. The van der Waals surface area contributed by atoms with E-state index in [4.69, 9.17) is 15.0 Å². The molecule has 0 radical (unpaired) electrons. The van der Waals surface area contributed by atoms with Gasteiger partial charge in [0.25, 0.3) is 0 Å². The summed E-state index contributed by atoms with van der Waals surface area (Å²) in [5.41, 5.74) is 6.45. The minimum atomic E-state index is -0.414. The molecule has 1 aromatic heterocycles. The van der Waals surface area contributed by atoms with Crippen LogP contribution in [0.5, 0.6) is 0 Å². The molecule has 1 atom stereocenters. The number of hydrogen-bond acceptors (Lipinski definition) is 4. The molecule has 5 heteroatoms. The third-order valence-corrected chi connectivity index (χ3v) is 3.66. The zero-order valence-corrected chi connectivity index (χ0v) is 10.8. The van der Waals surface area contributed by atoms with Crippen LogP contribution in [-0.2, 0) is 9.31 Å². The van der Waals surface area contributed by atoms with Crippen LogP contribution in [0.3, 0.4) is 0 Å². The van der Waals surface area contributed by atoms with Gasteiger partial charge in [-0.3, -0.25) is 4.98 Å². The molecule has 2 heterocycles. The molecule has 1 aromatic rings. The Kier molecular flexibility index (Phi) is 3.02. The van der Waals surface area contributed by atoms with E-state index >= 15 is 0 Å². The molecule has 0 aliphatic carbocycles. The van der Waals surface area contributed by atoms with Gasteiger partial charge in [0.2, 0.25) is 0 Å². The highest BCUT2D eigenvalue weighted by Gasteiger charge is 2.53. The highest BCUT2D eigenvalue weighted by atomic mass is 16.7. The minimum Gasteiger partial charge on any atom is -0.402 e. The summed E-state index contributed by atoms with van der Waals surface area (Å²) in [4.78, 5) is 3.97. The van der Waals surface area contributed by atoms with Gasteiger partial charge in [-0.15, -0.1) is 0 Å². The molecule has 0 saturated carbocycles. The average Bonchev–Trinajstić information content (AvgIpc) is 2.48. The Labute approximate surface area is 103 Å². The van der Waals surface area contributed by atoms with Crippen molar-refractivity contribution >= 4 is 7.12 Å². The first-order valence-corrected chi connectivity index (χ1v) is 5.85. The fraction of sp³-hybridized carbons (Fsp3) is 0.583. The van der Waals surface area contributed by atoms with Crippen LogP contribution < -0.4 is 5.73 Å². The number of pyridine rings is 1. The fourth-order valence-electron chi connectivity index (χ4n) is 1.78. The van der Waals surface area contributed by atoms with E-state index in [0.717, 1.165) is 5.56 Å². The Hall–Kier alpha value is -0.905. The molecular weight excluding hydrogens is 215 g/mol. The van der Waals surface area contributed by atoms with Gasteiger partial charge in [0.15, 0.2) is 0 Å². The quantitative estimate of drug-likeness (QED) is 0.791. The Morgan fingerprint density at radius 2 is 1.59 bits per heavy atom. The van der Waals surface area contributed by atoms with Gasteiger partial charge in [-0.2, -0.15) is 0 Å². The van der Waals surface area contributed by atoms with Gasteiger partial charge >= 0.3 is 7.12 Å². The van der Waals surface area contributed by atoms with Crippen molar-refractivity contribution in [2.75, 3.05) is 0 Å². The van der Waals surface area contributed by atoms with Gasteiger partial charge in [-0.05, 0) is 45.4 Å². The van der Waals surface area contributed by atoms with Crippen LogP contribution in [0.15, 0.2) is 24.5 Å².